The first-order chi connectivity index (χ1) is 9.86. The number of hydrogen-bond donors (Lipinski definition) is 1. The summed E-state index contributed by atoms with van der Waals surface area (Å²) < 4.78 is 0. The van der Waals surface area contributed by atoms with Gasteiger partial charge in [-0.1, -0.05) is 12.8 Å². The Hall–Kier alpha value is 0.350. The average molecular weight is 423 g/mol. The summed E-state index contributed by atoms with van der Waals surface area (Å²) in [4.78, 5) is 7.06. The van der Waals surface area contributed by atoms with E-state index >= 15 is 0 Å². The molecule has 0 bridgehead atoms. The lowest BCUT2D eigenvalue weighted by atomic mass is 9.82. The van der Waals surface area contributed by atoms with E-state index in [1.165, 1.54) is 63.1 Å². The van der Waals surface area contributed by atoms with Crippen LogP contribution in [-0.4, -0.2) is 49.0 Å². The topological polar surface area (TPSA) is 27.6 Å². The van der Waals surface area contributed by atoms with Gasteiger partial charge in [-0.3, -0.25) is 4.99 Å². The van der Waals surface area contributed by atoms with Crippen LogP contribution in [0, 0.1) is 17.8 Å². The molecule has 2 heterocycles. The Labute approximate surface area is 151 Å². The second kappa shape index (κ2) is 8.85. The first-order valence-electron chi connectivity index (χ1n) is 8.40. The highest BCUT2D eigenvalue weighted by Crippen LogP contribution is 2.36. The third kappa shape index (κ3) is 4.66. The Kier molecular flexibility index (Phi) is 7.46. The van der Waals surface area contributed by atoms with E-state index in [2.05, 4.69) is 27.0 Å². The standard InChI is InChI=1S/C16H29N3S.HI/c1-17-16(18-10-13-6-8-20-9-7-13)19-11-14-4-2-3-5-15(14)12-19;/h13-15H,2-12H2,1H3,(H,17,18);1H. The Morgan fingerprint density at radius 3 is 2.29 bits per heavy atom. The predicted molar refractivity (Wildman–Crippen MR) is 104 cm³/mol. The zero-order chi connectivity index (χ0) is 13.8. The van der Waals surface area contributed by atoms with Crippen LogP contribution in [0.1, 0.15) is 38.5 Å². The van der Waals surface area contributed by atoms with Crippen LogP contribution in [0.25, 0.3) is 0 Å². The summed E-state index contributed by atoms with van der Waals surface area (Å²) >= 11 is 2.11. The van der Waals surface area contributed by atoms with Gasteiger partial charge < -0.3 is 10.2 Å². The average Bonchev–Trinajstić information content (AvgIpc) is 2.92. The molecule has 3 fully saturated rings. The Morgan fingerprint density at radius 2 is 1.71 bits per heavy atom. The lowest BCUT2D eigenvalue weighted by Gasteiger charge is -2.26. The molecule has 3 aliphatic rings. The maximum absolute atomic E-state index is 4.54. The van der Waals surface area contributed by atoms with Gasteiger partial charge >= 0.3 is 0 Å². The fourth-order valence-corrected chi connectivity index (χ4v) is 5.30. The molecule has 1 saturated carbocycles. The fourth-order valence-electron chi connectivity index (χ4n) is 4.10. The molecule has 21 heavy (non-hydrogen) atoms. The van der Waals surface area contributed by atoms with E-state index in [0.717, 1.165) is 30.3 Å². The summed E-state index contributed by atoms with van der Waals surface area (Å²) in [6.45, 7) is 3.61. The first-order valence-corrected chi connectivity index (χ1v) is 9.55. The van der Waals surface area contributed by atoms with Gasteiger partial charge in [0.05, 0.1) is 0 Å². The minimum Gasteiger partial charge on any atom is -0.356 e. The van der Waals surface area contributed by atoms with Crippen LogP contribution in [0.15, 0.2) is 4.99 Å². The SMILES string of the molecule is CN=C(NCC1CCSCC1)N1CC2CCCCC2C1.I. The maximum Gasteiger partial charge on any atom is 0.193 e. The summed E-state index contributed by atoms with van der Waals surface area (Å²) in [7, 11) is 1.95. The van der Waals surface area contributed by atoms with E-state index in [1.807, 2.05) is 7.05 Å². The molecule has 2 unspecified atom stereocenters. The summed E-state index contributed by atoms with van der Waals surface area (Å²) in [5.41, 5.74) is 0. The second-order valence-electron chi connectivity index (χ2n) is 6.69. The quantitative estimate of drug-likeness (QED) is 0.419. The number of aliphatic imine (C=N–C) groups is 1. The number of thioether (sulfide) groups is 1. The van der Waals surface area contributed by atoms with Crippen molar-refractivity contribution in [2.45, 2.75) is 38.5 Å². The van der Waals surface area contributed by atoms with E-state index in [4.69, 9.17) is 0 Å². The number of guanidine groups is 1. The van der Waals surface area contributed by atoms with E-state index in [1.54, 1.807) is 0 Å². The Bertz CT molecular complexity index is 330. The fraction of sp³-hybridized carbons (Fsp3) is 0.938. The van der Waals surface area contributed by atoms with Crippen molar-refractivity contribution in [3.63, 3.8) is 0 Å². The van der Waals surface area contributed by atoms with Gasteiger partial charge in [-0.25, -0.2) is 0 Å². The monoisotopic (exact) mass is 423 g/mol. The molecular formula is C16H30IN3S. The van der Waals surface area contributed by atoms with Crippen molar-refractivity contribution in [1.29, 1.82) is 0 Å². The van der Waals surface area contributed by atoms with Crippen molar-refractivity contribution < 1.29 is 0 Å². The number of likely N-dealkylation sites (tertiary alicyclic amines) is 1. The van der Waals surface area contributed by atoms with E-state index < -0.39 is 0 Å². The van der Waals surface area contributed by atoms with E-state index in [9.17, 15) is 0 Å². The molecule has 2 atom stereocenters. The molecule has 0 radical (unpaired) electrons. The van der Waals surface area contributed by atoms with Crippen LogP contribution in [0.3, 0.4) is 0 Å². The molecule has 3 rings (SSSR count). The molecule has 2 saturated heterocycles. The minimum absolute atomic E-state index is 0. The summed E-state index contributed by atoms with van der Waals surface area (Å²) in [6.07, 6.45) is 8.53. The minimum atomic E-state index is 0. The van der Waals surface area contributed by atoms with Gasteiger partial charge in [0.2, 0.25) is 0 Å². The number of hydrogen-bond acceptors (Lipinski definition) is 2. The highest BCUT2D eigenvalue weighted by Gasteiger charge is 2.35. The third-order valence-electron chi connectivity index (χ3n) is 5.38. The van der Waals surface area contributed by atoms with Crippen LogP contribution in [0.4, 0.5) is 0 Å². The summed E-state index contributed by atoms with van der Waals surface area (Å²) in [5.74, 6) is 6.59. The van der Waals surface area contributed by atoms with E-state index in [0.29, 0.717) is 0 Å². The largest absolute Gasteiger partial charge is 0.356 e. The molecule has 3 nitrogen and oxygen atoms in total. The molecule has 122 valence electrons. The number of nitrogens with one attached hydrogen (secondary N) is 1. The van der Waals surface area contributed by atoms with Gasteiger partial charge in [-0.15, -0.1) is 24.0 Å². The molecular weight excluding hydrogens is 393 g/mol. The summed E-state index contributed by atoms with van der Waals surface area (Å²) in [6, 6.07) is 0. The van der Waals surface area contributed by atoms with Gasteiger partial charge in [-0.2, -0.15) is 11.8 Å². The van der Waals surface area contributed by atoms with Crippen LogP contribution in [-0.2, 0) is 0 Å². The number of halogens is 1. The lowest BCUT2D eigenvalue weighted by molar-refractivity contribution is 0.299. The predicted octanol–water partition coefficient (Wildman–Crippen LogP) is 3.45. The van der Waals surface area contributed by atoms with Crippen molar-refractivity contribution in [2.24, 2.45) is 22.7 Å². The van der Waals surface area contributed by atoms with Crippen LogP contribution in [0.5, 0.6) is 0 Å². The molecule has 0 amide bonds. The number of fused-ring (bicyclic) bond motifs is 1. The van der Waals surface area contributed by atoms with Gasteiger partial charge in [0, 0.05) is 26.7 Å². The van der Waals surface area contributed by atoms with Crippen molar-refractivity contribution in [3.05, 3.63) is 0 Å². The van der Waals surface area contributed by atoms with Crippen LogP contribution in [0.2, 0.25) is 0 Å². The highest BCUT2D eigenvalue weighted by atomic mass is 127. The van der Waals surface area contributed by atoms with Gasteiger partial charge in [0.25, 0.3) is 0 Å². The van der Waals surface area contributed by atoms with Crippen molar-refractivity contribution >= 4 is 41.7 Å². The zero-order valence-corrected chi connectivity index (χ0v) is 16.4. The zero-order valence-electron chi connectivity index (χ0n) is 13.2. The van der Waals surface area contributed by atoms with Crippen molar-refractivity contribution in [1.82, 2.24) is 10.2 Å². The lowest BCUT2D eigenvalue weighted by Crippen LogP contribution is -2.42. The Morgan fingerprint density at radius 1 is 1.10 bits per heavy atom. The molecule has 0 spiro atoms. The van der Waals surface area contributed by atoms with Gasteiger partial charge in [0.1, 0.15) is 0 Å². The Balaban J connectivity index is 0.00000161. The molecule has 2 aliphatic heterocycles. The maximum atomic E-state index is 4.54. The molecule has 1 N–H and O–H groups in total. The van der Waals surface area contributed by atoms with Crippen LogP contribution >= 0.6 is 35.7 Å². The molecule has 1 aliphatic carbocycles. The molecule has 0 aromatic rings. The highest BCUT2D eigenvalue weighted by molar-refractivity contribution is 14.0. The van der Waals surface area contributed by atoms with Gasteiger partial charge in [0.15, 0.2) is 5.96 Å². The number of nitrogens with zero attached hydrogens (tertiary/aromatic N) is 2. The third-order valence-corrected chi connectivity index (χ3v) is 6.43. The smallest absolute Gasteiger partial charge is 0.193 e. The van der Waals surface area contributed by atoms with Crippen molar-refractivity contribution in [2.75, 3.05) is 38.2 Å². The summed E-state index contributed by atoms with van der Waals surface area (Å²) in [5, 5.41) is 3.66. The van der Waals surface area contributed by atoms with Crippen molar-refractivity contribution in [3.8, 4) is 0 Å². The molecule has 0 aromatic heterocycles. The van der Waals surface area contributed by atoms with Crippen LogP contribution < -0.4 is 5.32 Å². The van der Waals surface area contributed by atoms with Gasteiger partial charge in [-0.05, 0) is 54.9 Å². The molecule has 0 aromatic carbocycles. The normalized spacial score (nSPS) is 30.7. The number of rotatable bonds is 2. The first kappa shape index (κ1) is 17.7. The van der Waals surface area contributed by atoms with E-state index in [-0.39, 0.29) is 24.0 Å². The molecule has 5 heteroatoms. The second-order valence-corrected chi connectivity index (χ2v) is 7.92.